The van der Waals surface area contributed by atoms with Crippen LogP contribution in [0, 0.1) is 0 Å². The highest BCUT2D eigenvalue weighted by Crippen LogP contribution is 2.28. The third kappa shape index (κ3) is 6.04. The molecule has 0 aliphatic carbocycles. The van der Waals surface area contributed by atoms with Crippen LogP contribution >= 0.6 is 0 Å². The largest absolute Gasteiger partial charge is 0.494 e. The monoisotopic (exact) mass is 450 g/mol. The van der Waals surface area contributed by atoms with E-state index in [0.717, 1.165) is 16.1 Å². The molecule has 0 N–H and O–H groups in total. The second-order valence-electron chi connectivity index (χ2n) is 7.05. The summed E-state index contributed by atoms with van der Waals surface area (Å²) in [5.74, 6) is 1.44. The number of benzene rings is 2. The van der Waals surface area contributed by atoms with Gasteiger partial charge < -0.3 is 19.1 Å². The molecule has 0 aliphatic rings. The number of likely N-dealkylation sites (N-methyl/N-ethyl adjacent to an activating group) is 1. The first-order chi connectivity index (χ1) is 14.6. The molecule has 2 aromatic rings. The normalized spacial score (nSPS) is 12.1. The van der Waals surface area contributed by atoms with E-state index in [1.54, 1.807) is 64.6 Å². The molecule has 1 amide bonds. The van der Waals surface area contributed by atoms with Crippen molar-refractivity contribution in [1.82, 2.24) is 4.90 Å². The van der Waals surface area contributed by atoms with Crippen molar-refractivity contribution in [3.05, 3.63) is 48.0 Å². The number of methoxy groups -OCH3 is 2. The SMILES string of the molecule is CCOc1ccc(N([C@H](C)C(=O)N(C)Cc2ccc(OC)c(OC)c2)S(C)(=O)=O)cc1. The van der Waals surface area contributed by atoms with Crippen LogP contribution < -0.4 is 18.5 Å². The van der Waals surface area contributed by atoms with Gasteiger partial charge in [0.2, 0.25) is 15.9 Å². The lowest BCUT2D eigenvalue weighted by atomic mass is 10.1. The van der Waals surface area contributed by atoms with Gasteiger partial charge in [0.25, 0.3) is 0 Å². The molecule has 2 aromatic carbocycles. The lowest BCUT2D eigenvalue weighted by molar-refractivity contribution is -0.131. The fraction of sp³-hybridized carbons (Fsp3) is 0.409. The summed E-state index contributed by atoms with van der Waals surface area (Å²) in [5, 5.41) is 0. The minimum Gasteiger partial charge on any atom is -0.494 e. The van der Waals surface area contributed by atoms with Crippen molar-refractivity contribution in [1.29, 1.82) is 0 Å². The van der Waals surface area contributed by atoms with E-state index in [1.807, 2.05) is 13.0 Å². The summed E-state index contributed by atoms with van der Waals surface area (Å²) < 4.78 is 42.1. The summed E-state index contributed by atoms with van der Waals surface area (Å²) >= 11 is 0. The maximum atomic E-state index is 13.1. The minimum atomic E-state index is -3.70. The van der Waals surface area contributed by atoms with Crippen molar-refractivity contribution in [3.8, 4) is 17.2 Å². The van der Waals surface area contributed by atoms with Gasteiger partial charge in [-0.1, -0.05) is 6.07 Å². The van der Waals surface area contributed by atoms with Crippen molar-refractivity contribution < 1.29 is 27.4 Å². The molecule has 0 saturated heterocycles. The molecule has 1 atom stereocenters. The molecular formula is C22H30N2O6S. The Morgan fingerprint density at radius 1 is 1.03 bits per heavy atom. The number of amides is 1. The maximum absolute atomic E-state index is 13.1. The van der Waals surface area contributed by atoms with Gasteiger partial charge in [0, 0.05) is 13.6 Å². The first-order valence-electron chi connectivity index (χ1n) is 9.80. The molecule has 0 saturated carbocycles. The van der Waals surface area contributed by atoms with E-state index in [2.05, 4.69) is 0 Å². The van der Waals surface area contributed by atoms with Crippen LogP contribution in [-0.2, 0) is 21.4 Å². The van der Waals surface area contributed by atoms with E-state index in [4.69, 9.17) is 14.2 Å². The van der Waals surface area contributed by atoms with E-state index in [-0.39, 0.29) is 12.5 Å². The average molecular weight is 451 g/mol. The van der Waals surface area contributed by atoms with Crippen molar-refractivity contribution in [2.24, 2.45) is 0 Å². The maximum Gasteiger partial charge on any atom is 0.246 e. The third-order valence-corrected chi connectivity index (χ3v) is 5.95. The minimum absolute atomic E-state index is 0.282. The molecule has 2 rings (SSSR count). The molecule has 0 heterocycles. The predicted octanol–water partition coefficient (Wildman–Crippen LogP) is 2.92. The van der Waals surface area contributed by atoms with Gasteiger partial charge in [0.05, 0.1) is 32.8 Å². The summed E-state index contributed by atoms with van der Waals surface area (Å²) in [6.07, 6.45) is 1.08. The van der Waals surface area contributed by atoms with E-state index in [0.29, 0.717) is 29.5 Å². The van der Waals surface area contributed by atoms with Crippen molar-refractivity contribution in [2.45, 2.75) is 26.4 Å². The number of hydrogen-bond acceptors (Lipinski definition) is 6. The summed E-state index contributed by atoms with van der Waals surface area (Å²) in [7, 11) is 1.02. The van der Waals surface area contributed by atoms with Gasteiger partial charge in [0.15, 0.2) is 11.5 Å². The van der Waals surface area contributed by atoms with Crippen LogP contribution in [0.2, 0.25) is 0 Å². The van der Waals surface area contributed by atoms with Gasteiger partial charge >= 0.3 is 0 Å². The quantitative estimate of drug-likeness (QED) is 0.553. The number of hydrogen-bond donors (Lipinski definition) is 0. The second kappa shape index (κ2) is 10.4. The molecule has 170 valence electrons. The number of nitrogens with zero attached hydrogens (tertiary/aromatic N) is 2. The zero-order chi connectivity index (χ0) is 23.2. The first kappa shape index (κ1) is 24.3. The Morgan fingerprint density at radius 3 is 2.16 bits per heavy atom. The van der Waals surface area contributed by atoms with Gasteiger partial charge in [-0.15, -0.1) is 0 Å². The Bertz CT molecular complexity index is 992. The lowest BCUT2D eigenvalue weighted by Gasteiger charge is -2.31. The van der Waals surface area contributed by atoms with Crippen molar-refractivity contribution in [2.75, 3.05) is 38.4 Å². The Morgan fingerprint density at radius 2 is 1.65 bits per heavy atom. The molecule has 0 aliphatic heterocycles. The number of sulfonamides is 1. The Kier molecular flexibility index (Phi) is 8.15. The van der Waals surface area contributed by atoms with Gasteiger partial charge in [-0.2, -0.15) is 0 Å². The van der Waals surface area contributed by atoms with E-state index >= 15 is 0 Å². The molecule has 8 nitrogen and oxygen atoms in total. The first-order valence-corrected chi connectivity index (χ1v) is 11.6. The standard InChI is InChI=1S/C22H30N2O6S/c1-7-30-19-11-9-18(10-12-19)24(31(6,26)27)16(2)22(25)23(3)15-17-8-13-20(28-4)21(14-17)29-5/h8-14,16H,7,15H2,1-6H3/t16-/m1/s1. The predicted molar refractivity (Wildman–Crippen MR) is 120 cm³/mol. The molecule has 0 aromatic heterocycles. The highest BCUT2D eigenvalue weighted by atomic mass is 32.2. The summed E-state index contributed by atoms with van der Waals surface area (Å²) in [5.41, 5.74) is 1.22. The molecular weight excluding hydrogens is 420 g/mol. The van der Waals surface area contributed by atoms with Gasteiger partial charge in [0.1, 0.15) is 11.8 Å². The van der Waals surface area contributed by atoms with Crippen LogP contribution in [-0.4, -0.2) is 59.4 Å². The fourth-order valence-corrected chi connectivity index (χ4v) is 4.48. The number of rotatable bonds is 10. The lowest BCUT2D eigenvalue weighted by Crippen LogP contribution is -2.48. The zero-order valence-electron chi connectivity index (χ0n) is 18.8. The third-order valence-electron chi connectivity index (χ3n) is 4.71. The molecule has 0 fully saturated rings. The Labute approximate surface area is 184 Å². The molecule has 0 spiro atoms. The number of anilines is 1. The topological polar surface area (TPSA) is 85.4 Å². The molecule has 31 heavy (non-hydrogen) atoms. The van der Waals surface area contributed by atoms with E-state index in [1.165, 1.54) is 4.90 Å². The van der Waals surface area contributed by atoms with E-state index < -0.39 is 16.1 Å². The van der Waals surface area contributed by atoms with Gasteiger partial charge in [-0.05, 0) is 55.8 Å². The van der Waals surface area contributed by atoms with Crippen LogP contribution in [0.25, 0.3) is 0 Å². The fourth-order valence-electron chi connectivity index (χ4n) is 3.31. The van der Waals surface area contributed by atoms with Crippen LogP contribution in [0.3, 0.4) is 0 Å². The van der Waals surface area contributed by atoms with Gasteiger partial charge in [-0.3, -0.25) is 9.10 Å². The van der Waals surface area contributed by atoms with Crippen LogP contribution in [0.4, 0.5) is 5.69 Å². The van der Waals surface area contributed by atoms with Crippen LogP contribution in [0.1, 0.15) is 19.4 Å². The number of carbonyl (C=O) groups excluding carboxylic acids is 1. The van der Waals surface area contributed by atoms with Crippen molar-refractivity contribution in [3.63, 3.8) is 0 Å². The van der Waals surface area contributed by atoms with Gasteiger partial charge in [-0.25, -0.2) is 8.42 Å². The summed E-state index contributed by atoms with van der Waals surface area (Å²) in [6.45, 7) is 4.23. The van der Waals surface area contributed by atoms with Crippen molar-refractivity contribution >= 4 is 21.6 Å². The molecule has 0 unspecified atom stereocenters. The molecule has 0 radical (unpaired) electrons. The van der Waals surface area contributed by atoms with E-state index in [9.17, 15) is 13.2 Å². The second-order valence-corrected chi connectivity index (χ2v) is 8.90. The van der Waals surface area contributed by atoms with Crippen LogP contribution in [0.15, 0.2) is 42.5 Å². The number of ether oxygens (including phenoxy) is 3. The Hall–Kier alpha value is -2.94. The highest BCUT2D eigenvalue weighted by Gasteiger charge is 2.31. The molecule has 9 heteroatoms. The number of carbonyl (C=O) groups is 1. The van der Waals surface area contributed by atoms with Crippen LogP contribution in [0.5, 0.6) is 17.2 Å². The summed E-state index contributed by atoms with van der Waals surface area (Å²) in [4.78, 5) is 14.6. The highest BCUT2D eigenvalue weighted by molar-refractivity contribution is 7.92. The summed E-state index contributed by atoms with van der Waals surface area (Å²) in [6, 6.07) is 11.1. The molecule has 0 bridgehead atoms. The average Bonchev–Trinajstić information content (AvgIpc) is 2.73. The smallest absolute Gasteiger partial charge is 0.246 e. The zero-order valence-corrected chi connectivity index (χ0v) is 19.6. The Balaban J connectivity index is 2.24.